The Balaban J connectivity index is 1.22. The van der Waals surface area contributed by atoms with Crippen molar-refractivity contribution in [2.24, 2.45) is 5.92 Å². The standard InChI is InChI=1S/C28H31N3O4/c1-18(20-7-8-20)30(16-19-5-3-2-4-6-19)25(32)17-31-26(33)28(35-27(31)34)12-11-22-13-21(9-10-24(22)28)23-14-29-15-23/h2-6,9-10,13,18,20,23,29H,7-8,11-12,14-17H2,1H3/t18-,28+/m0/s1. The number of hydrogen-bond donors (Lipinski definition) is 1. The molecule has 3 amide bonds. The van der Waals surface area contributed by atoms with Gasteiger partial charge in [0.2, 0.25) is 11.5 Å². The molecule has 2 aromatic carbocycles. The van der Waals surface area contributed by atoms with Crippen molar-refractivity contribution in [3.63, 3.8) is 0 Å². The molecule has 1 saturated carbocycles. The van der Waals surface area contributed by atoms with Crippen LogP contribution in [0.2, 0.25) is 0 Å². The van der Waals surface area contributed by atoms with Gasteiger partial charge in [-0.15, -0.1) is 0 Å². The van der Waals surface area contributed by atoms with E-state index in [0.29, 0.717) is 31.2 Å². The molecule has 0 unspecified atom stereocenters. The van der Waals surface area contributed by atoms with Crippen LogP contribution in [0, 0.1) is 5.92 Å². The molecule has 6 rings (SSSR count). The maximum atomic E-state index is 13.6. The van der Waals surface area contributed by atoms with E-state index in [1.165, 1.54) is 5.56 Å². The van der Waals surface area contributed by atoms with Crippen LogP contribution in [0.5, 0.6) is 0 Å². The molecule has 4 aliphatic rings. The fourth-order valence-corrected chi connectivity index (χ4v) is 5.75. The van der Waals surface area contributed by atoms with Gasteiger partial charge in [-0.3, -0.25) is 9.59 Å². The highest BCUT2D eigenvalue weighted by Crippen LogP contribution is 2.46. The molecule has 0 radical (unpaired) electrons. The molecule has 7 nitrogen and oxygen atoms in total. The van der Waals surface area contributed by atoms with E-state index in [0.717, 1.165) is 47.5 Å². The molecule has 2 heterocycles. The van der Waals surface area contributed by atoms with Gasteiger partial charge in [0.25, 0.3) is 5.91 Å². The Morgan fingerprint density at radius 1 is 1.17 bits per heavy atom. The summed E-state index contributed by atoms with van der Waals surface area (Å²) in [4.78, 5) is 42.9. The zero-order valence-corrected chi connectivity index (χ0v) is 20.0. The molecule has 182 valence electrons. The van der Waals surface area contributed by atoms with Gasteiger partial charge in [-0.05, 0) is 48.8 Å². The predicted octanol–water partition coefficient (Wildman–Crippen LogP) is 3.32. The van der Waals surface area contributed by atoms with Gasteiger partial charge in [-0.25, -0.2) is 9.69 Å². The van der Waals surface area contributed by atoms with Crippen LogP contribution in [0.3, 0.4) is 0 Å². The van der Waals surface area contributed by atoms with E-state index in [2.05, 4.69) is 18.3 Å². The first-order chi connectivity index (χ1) is 17.0. The minimum absolute atomic E-state index is 0.0528. The van der Waals surface area contributed by atoms with Crippen molar-refractivity contribution >= 4 is 17.9 Å². The zero-order chi connectivity index (χ0) is 24.2. The first-order valence-corrected chi connectivity index (χ1v) is 12.7. The highest BCUT2D eigenvalue weighted by Gasteiger charge is 2.58. The molecule has 2 aromatic rings. The molecule has 2 atom stereocenters. The first kappa shape index (κ1) is 22.3. The Morgan fingerprint density at radius 2 is 1.94 bits per heavy atom. The molecule has 7 heteroatoms. The van der Waals surface area contributed by atoms with Gasteiger partial charge in [0.15, 0.2) is 0 Å². The van der Waals surface area contributed by atoms with Crippen molar-refractivity contribution in [1.82, 2.24) is 15.1 Å². The lowest BCUT2D eigenvalue weighted by Gasteiger charge is -2.30. The van der Waals surface area contributed by atoms with Crippen LogP contribution in [-0.4, -0.2) is 53.4 Å². The van der Waals surface area contributed by atoms with Crippen LogP contribution in [0.15, 0.2) is 48.5 Å². The molecule has 2 aliphatic heterocycles. The lowest BCUT2D eigenvalue weighted by atomic mass is 9.89. The average Bonchev–Trinajstić information content (AvgIpc) is 3.58. The second kappa shape index (κ2) is 8.48. The summed E-state index contributed by atoms with van der Waals surface area (Å²) in [6.45, 7) is 4.16. The fraction of sp³-hybridized carbons (Fsp3) is 0.464. The quantitative estimate of drug-likeness (QED) is 0.668. The van der Waals surface area contributed by atoms with Crippen LogP contribution in [-0.2, 0) is 32.9 Å². The molecule has 2 saturated heterocycles. The number of benzene rings is 2. The number of hydrogen-bond acceptors (Lipinski definition) is 5. The predicted molar refractivity (Wildman–Crippen MR) is 129 cm³/mol. The highest BCUT2D eigenvalue weighted by atomic mass is 16.6. The number of nitrogens with zero attached hydrogens (tertiary/aromatic N) is 2. The molecule has 2 aliphatic carbocycles. The van der Waals surface area contributed by atoms with Gasteiger partial charge < -0.3 is 15.0 Å². The van der Waals surface area contributed by atoms with E-state index in [1.54, 1.807) is 0 Å². The summed E-state index contributed by atoms with van der Waals surface area (Å²) < 4.78 is 5.78. The molecule has 35 heavy (non-hydrogen) atoms. The summed E-state index contributed by atoms with van der Waals surface area (Å²) in [5.74, 6) is 0.335. The van der Waals surface area contributed by atoms with Crippen molar-refractivity contribution in [3.8, 4) is 0 Å². The van der Waals surface area contributed by atoms with E-state index < -0.39 is 17.6 Å². The molecular formula is C28H31N3O4. The monoisotopic (exact) mass is 473 g/mol. The third-order valence-corrected chi connectivity index (χ3v) is 8.24. The molecule has 1 spiro atoms. The Hall–Kier alpha value is -3.19. The molecule has 3 fully saturated rings. The van der Waals surface area contributed by atoms with Gasteiger partial charge in [0, 0.05) is 43.6 Å². The SMILES string of the molecule is C[C@@H](C1CC1)N(Cc1ccccc1)C(=O)CN1C(=O)O[C@@]2(CCc3cc(C4CNC4)ccc32)C1=O. The number of amides is 3. The third kappa shape index (κ3) is 3.82. The van der Waals surface area contributed by atoms with Crippen LogP contribution < -0.4 is 5.32 Å². The molecular weight excluding hydrogens is 442 g/mol. The lowest BCUT2D eigenvalue weighted by Crippen LogP contribution is -2.47. The van der Waals surface area contributed by atoms with Crippen LogP contribution >= 0.6 is 0 Å². The van der Waals surface area contributed by atoms with E-state index >= 15 is 0 Å². The highest BCUT2D eigenvalue weighted by molar-refractivity contribution is 6.06. The van der Waals surface area contributed by atoms with Gasteiger partial charge in [-0.2, -0.15) is 0 Å². The van der Waals surface area contributed by atoms with Crippen LogP contribution in [0.4, 0.5) is 4.79 Å². The average molecular weight is 474 g/mol. The Morgan fingerprint density at radius 3 is 2.63 bits per heavy atom. The maximum Gasteiger partial charge on any atom is 0.418 e. The fourth-order valence-electron chi connectivity index (χ4n) is 5.75. The Kier molecular flexibility index (Phi) is 5.40. The van der Waals surface area contributed by atoms with Crippen molar-refractivity contribution in [2.45, 2.75) is 56.7 Å². The Bertz CT molecular complexity index is 1170. The number of fused-ring (bicyclic) bond motifs is 2. The molecule has 1 N–H and O–H groups in total. The third-order valence-electron chi connectivity index (χ3n) is 8.24. The first-order valence-electron chi connectivity index (χ1n) is 12.7. The summed E-state index contributed by atoms with van der Waals surface area (Å²) in [5, 5.41) is 3.29. The largest absolute Gasteiger partial charge is 0.427 e. The van der Waals surface area contributed by atoms with Crippen molar-refractivity contribution < 1.29 is 19.1 Å². The van der Waals surface area contributed by atoms with Crippen molar-refractivity contribution in [3.05, 3.63) is 70.8 Å². The van der Waals surface area contributed by atoms with E-state index in [9.17, 15) is 14.4 Å². The smallest absolute Gasteiger partial charge is 0.418 e. The van der Waals surface area contributed by atoms with E-state index in [1.807, 2.05) is 47.4 Å². The maximum absolute atomic E-state index is 13.6. The van der Waals surface area contributed by atoms with E-state index in [-0.39, 0.29) is 18.5 Å². The van der Waals surface area contributed by atoms with Crippen molar-refractivity contribution in [2.75, 3.05) is 19.6 Å². The van der Waals surface area contributed by atoms with Crippen LogP contribution in [0.25, 0.3) is 0 Å². The number of aryl methyl sites for hydroxylation is 1. The number of nitrogens with one attached hydrogen (secondary N) is 1. The number of carbonyl (C=O) groups excluding carboxylic acids is 3. The second-order valence-electron chi connectivity index (χ2n) is 10.4. The number of imide groups is 1. The minimum Gasteiger partial charge on any atom is -0.427 e. The number of carbonyl (C=O) groups is 3. The van der Waals surface area contributed by atoms with Gasteiger partial charge in [-0.1, -0.05) is 48.5 Å². The van der Waals surface area contributed by atoms with Gasteiger partial charge >= 0.3 is 6.09 Å². The minimum atomic E-state index is -1.30. The summed E-state index contributed by atoms with van der Waals surface area (Å²) in [6.07, 6.45) is 2.59. The van der Waals surface area contributed by atoms with Gasteiger partial charge in [0.05, 0.1) is 0 Å². The van der Waals surface area contributed by atoms with Crippen molar-refractivity contribution in [1.29, 1.82) is 0 Å². The summed E-state index contributed by atoms with van der Waals surface area (Å²) >= 11 is 0. The summed E-state index contributed by atoms with van der Waals surface area (Å²) in [6, 6.07) is 16.0. The lowest BCUT2D eigenvalue weighted by molar-refractivity contribution is -0.143. The Labute approximate surface area is 205 Å². The number of rotatable bonds is 7. The van der Waals surface area contributed by atoms with E-state index in [4.69, 9.17) is 4.74 Å². The molecule has 0 bridgehead atoms. The summed E-state index contributed by atoms with van der Waals surface area (Å²) in [7, 11) is 0. The molecule has 0 aromatic heterocycles. The van der Waals surface area contributed by atoms with Crippen LogP contribution in [0.1, 0.15) is 54.4 Å². The second-order valence-corrected chi connectivity index (χ2v) is 10.4. The normalized spacial score (nSPS) is 24.3. The summed E-state index contributed by atoms with van der Waals surface area (Å²) in [5.41, 5.74) is 2.83. The van der Waals surface area contributed by atoms with Gasteiger partial charge in [0.1, 0.15) is 6.54 Å². The topological polar surface area (TPSA) is 79.0 Å². The number of ether oxygens (including phenoxy) is 1. The zero-order valence-electron chi connectivity index (χ0n) is 20.0.